The van der Waals surface area contributed by atoms with Crippen LogP contribution in [0.25, 0.3) is 0 Å². The smallest absolute Gasteiger partial charge is 0.338 e. The Morgan fingerprint density at radius 1 is 0.868 bits per heavy atom. The largest absolute Gasteiger partial charge is 0.490 e. The molecular formula is C32H35NO4S. The van der Waals surface area contributed by atoms with Gasteiger partial charge in [-0.25, -0.2) is 4.79 Å². The molecule has 2 bridgehead atoms. The van der Waals surface area contributed by atoms with E-state index in [-0.39, 0.29) is 30.1 Å². The summed E-state index contributed by atoms with van der Waals surface area (Å²) in [5, 5.41) is 0. The molecule has 3 aromatic carbocycles. The van der Waals surface area contributed by atoms with Crippen molar-refractivity contribution in [3.05, 3.63) is 94.5 Å². The van der Waals surface area contributed by atoms with Crippen molar-refractivity contribution in [1.82, 2.24) is 4.90 Å². The molecule has 38 heavy (non-hydrogen) atoms. The minimum absolute atomic E-state index is 0.0642. The number of nitrogens with zero attached hydrogens (tertiary/aromatic N) is 1. The lowest BCUT2D eigenvalue weighted by atomic mass is 9.98. The summed E-state index contributed by atoms with van der Waals surface area (Å²) < 4.78 is 11.3. The zero-order valence-corrected chi connectivity index (χ0v) is 23.1. The third kappa shape index (κ3) is 5.75. The van der Waals surface area contributed by atoms with Gasteiger partial charge in [-0.15, -0.1) is 11.8 Å². The zero-order chi connectivity index (χ0) is 26.6. The quantitative estimate of drug-likeness (QED) is 0.233. The zero-order valence-electron chi connectivity index (χ0n) is 22.3. The van der Waals surface area contributed by atoms with Crippen LogP contribution >= 0.6 is 11.8 Å². The van der Waals surface area contributed by atoms with Crippen LogP contribution in [0.5, 0.6) is 5.75 Å². The Bertz CT molecular complexity index is 1250. The molecule has 2 saturated heterocycles. The summed E-state index contributed by atoms with van der Waals surface area (Å²) in [4.78, 5) is 28.8. The monoisotopic (exact) mass is 529 g/mol. The molecule has 0 saturated carbocycles. The number of piperidine rings is 1. The lowest BCUT2D eigenvalue weighted by molar-refractivity contribution is 0.0359. The highest BCUT2D eigenvalue weighted by Crippen LogP contribution is 2.38. The average Bonchev–Trinajstić information content (AvgIpc) is 3.19. The maximum absolute atomic E-state index is 13.5. The van der Waals surface area contributed by atoms with E-state index >= 15 is 0 Å². The Kier molecular flexibility index (Phi) is 8.08. The second-order valence-corrected chi connectivity index (χ2v) is 11.2. The predicted octanol–water partition coefficient (Wildman–Crippen LogP) is 6.99. The van der Waals surface area contributed by atoms with Crippen molar-refractivity contribution in [3.63, 3.8) is 0 Å². The van der Waals surface area contributed by atoms with Crippen LogP contribution < -0.4 is 4.74 Å². The van der Waals surface area contributed by atoms with Gasteiger partial charge in [-0.05, 0) is 86.7 Å². The molecule has 2 heterocycles. The predicted molar refractivity (Wildman–Crippen MR) is 151 cm³/mol. The van der Waals surface area contributed by atoms with Gasteiger partial charge in [-0.1, -0.05) is 30.3 Å². The lowest BCUT2D eigenvalue weighted by Crippen LogP contribution is -2.49. The minimum Gasteiger partial charge on any atom is -0.490 e. The van der Waals surface area contributed by atoms with Crippen LogP contribution in [-0.2, 0) is 10.5 Å². The summed E-state index contributed by atoms with van der Waals surface area (Å²) >= 11 is 1.85. The molecule has 0 N–H and O–H groups in total. The summed E-state index contributed by atoms with van der Waals surface area (Å²) in [7, 11) is 0. The van der Waals surface area contributed by atoms with Crippen LogP contribution in [-0.4, -0.2) is 41.6 Å². The van der Waals surface area contributed by atoms with Gasteiger partial charge in [0.2, 0.25) is 0 Å². The fraction of sp³-hybridized carbons (Fsp3) is 0.375. The molecule has 6 heteroatoms. The first-order valence-electron chi connectivity index (χ1n) is 13.5. The molecule has 1 amide bonds. The number of hydrogen-bond acceptors (Lipinski definition) is 5. The van der Waals surface area contributed by atoms with Gasteiger partial charge in [0.1, 0.15) is 11.9 Å². The van der Waals surface area contributed by atoms with E-state index in [0.717, 1.165) is 42.7 Å². The van der Waals surface area contributed by atoms with Crippen molar-refractivity contribution in [2.24, 2.45) is 0 Å². The van der Waals surface area contributed by atoms with Gasteiger partial charge in [0.05, 0.1) is 12.2 Å². The Hall–Kier alpha value is -3.25. The molecule has 0 aromatic heterocycles. The number of amides is 1. The Balaban J connectivity index is 1.17. The molecule has 2 fully saturated rings. The first kappa shape index (κ1) is 26.4. The van der Waals surface area contributed by atoms with Gasteiger partial charge in [0.15, 0.2) is 0 Å². The normalized spacial score (nSPS) is 20.3. The van der Waals surface area contributed by atoms with Crippen LogP contribution in [0.1, 0.15) is 70.0 Å². The Morgan fingerprint density at radius 2 is 1.47 bits per heavy atom. The molecule has 5 rings (SSSR count). The van der Waals surface area contributed by atoms with Crippen LogP contribution in [0.4, 0.5) is 0 Å². The number of fused-ring (bicyclic) bond motifs is 2. The number of hydrogen-bond donors (Lipinski definition) is 0. The van der Waals surface area contributed by atoms with Crippen LogP contribution in [0.2, 0.25) is 0 Å². The fourth-order valence-corrected chi connectivity index (χ4v) is 6.80. The minimum atomic E-state index is -0.322. The SMILES string of the molecule is CCOC(=O)c1ccc(OC2C[C@H]3CC[C@@H](C2)N3C(=O)c2ccc(CSc3c(C)cccc3C)cc2)cc1. The van der Waals surface area contributed by atoms with Crippen molar-refractivity contribution >= 4 is 23.6 Å². The molecule has 0 radical (unpaired) electrons. The second-order valence-electron chi connectivity index (χ2n) is 10.3. The Morgan fingerprint density at radius 3 is 2.08 bits per heavy atom. The number of ether oxygens (including phenoxy) is 2. The molecule has 1 unspecified atom stereocenters. The molecule has 5 nitrogen and oxygen atoms in total. The Labute approximate surface area is 229 Å². The molecule has 3 aromatic rings. The van der Waals surface area contributed by atoms with Crippen molar-refractivity contribution < 1.29 is 19.1 Å². The van der Waals surface area contributed by atoms with Crippen molar-refractivity contribution in [3.8, 4) is 5.75 Å². The number of carbonyl (C=O) groups is 2. The molecule has 2 aliphatic rings. The summed E-state index contributed by atoms with van der Waals surface area (Å²) in [6, 6.07) is 22.1. The molecule has 3 atom stereocenters. The summed E-state index contributed by atoms with van der Waals surface area (Å²) in [5.41, 5.74) is 5.11. The molecule has 2 aliphatic heterocycles. The lowest BCUT2D eigenvalue weighted by Gasteiger charge is -2.39. The molecular weight excluding hydrogens is 494 g/mol. The topological polar surface area (TPSA) is 55.8 Å². The first-order valence-corrected chi connectivity index (χ1v) is 14.5. The maximum atomic E-state index is 13.5. The molecule has 0 aliphatic carbocycles. The number of benzene rings is 3. The standard InChI is InChI=1S/C32H35NO4S/c1-4-36-32(35)25-12-16-28(17-13-25)37-29-18-26-14-15-27(19-29)33(26)31(34)24-10-8-23(9-11-24)20-38-30-21(2)6-5-7-22(30)3/h5-13,16-17,26-27,29H,4,14-15,18-20H2,1-3H3/t26-,27+,29?. The van der Waals surface area contributed by atoms with Gasteiger partial charge in [0, 0.05) is 41.1 Å². The van der Waals surface area contributed by atoms with Gasteiger partial charge in [-0.3, -0.25) is 4.79 Å². The van der Waals surface area contributed by atoms with Gasteiger partial charge < -0.3 is 14.4 Å². The van der Waals surface area contributed by atoms with E-state index in [4.69, 9.17) is 9.47 Å². The summed E-state index contributed by atoms with van der Waals surface area (Å²) in [6.07, 6.45) is 3.75. The van der Waals surface area contributed by atoms with Gasteiger partial charge >= 0.3 is 5.97 Å². The van der Waals surface area contributed by atoms with Crippen LogP contribution in [0.15, 0.2) is 71.6 Å². The second kappa shape index (κ2) is 11.6. The number of carbonyl (C=O) groups excluding carboxylic acids is 2. The van der Waals surface area contributed by atoms with Crippen molar-refractivity contribution in [2.45, 2.75) is 75.3 Å². The number of thioether (sulfide) groups is 1. The number of esters is 1. The third-order valence-corrected chi connectivity index (χ3v) is 9.00. The van der Waals surface area contributed by atoms with E-state index in [1.54, 1.807) is 19.1 Å². The van der Waals surface area contributed by atoms with Gasteiger partial charge in [-0.2, -0.15) is 0 Å². The fourth-order valence-electron chi connectivity index (χ4n) is 5.71. The van der Waals surface area contributed by atoms with Crippen LogP contribution in [0.3, 0.4) is 0 Å². The maximum Gasteiger partial charge on any atom is 0.338 e. The van der Waals surface area contributed by atoms with Gasteiger partial charge in [0.25, 0.3) is 5.91 Å². The van der Waals surface area contributed by atoms with E-state index < -0.39 is 0 Å². The van der Waals surface area contributed by atoms with E-state index in [1.165, 1.54) is 21.6 Å². The summed E-state index contributed by atoms with van der Waals surface area (Å²) in [6.45, 7) is 6.46. The highest BCUT2D eigenvalue weighted by Gasteiger charge is 2.44. The van der Waals surface area contributed by atoms with Crippen LogP contribution in [0, 0.1) is 13.8 Å². The molecule has 0 spiro atoms. The first-order chi connectivity index (χ1) is 18.4. The number of aryl methyl sites for hydroxylation is 2. The van der Waals surface area contributed by atoms with Crippen molar-refractivity contribution in [1.29, 1.82) is 0 Å². The van der Waals surface area contributed by atoms with E-state index in [9.17, 15) is 9.59 Å². The van der Waals surface area contributed by atoms with E-state index in [2.05, 4.69) is 49.1 Å². The molecule has 198 valence electrons. The van der Waals surface area contributed by atoms with Crippen molar-refractivity contribution in [2.75, 3.05) is 6.61 Å². The number of rotatable bonds is 8. The van der Waals surface area contributed by atoms with E-state index in [0.29, 0.717) is 12.2 Å². The third-order valence-electron chi connectivity index (χ3n) is 7.59. The average molecular weight is 530 g/mol. The highest BCUT2D eigenvalue weighted by molar-refractivity contribution is 7.98. The summed E-state index contributed by atoms with van der Waals surface area (Å²) in [5.74, 6) is 1.44. The highest BCUT2D eigenvalue weighted by atomic mass is 32.2. The van der Waals surface area contributed by atoms with E-state index in [1.807, 2.05) is 36.0 Å².